The number of nitrogens with zero attached hydrogens (tertiary/aromatic N) is 1. The molecule has 0 unspecified atom stereocenters. The highest BCUT2D eigenvalue weighted by atomic mass is 16.5. The first-order valence-corrected chi connectivity index (χ1v) is 13.4. The van der Waals surface area contributed by atoms with Crippen molar-refractivity contribution in [2.75, 3.05) is 55.8 Å². The second-order valence-electron chi connectivity index (χ2n) is 9.41. The van der Waals surface area contributed by atoms with Gasteiger partial charge < -0.3 is 38.1 Å². The van der Waals surface area contributed by atoms with E-state index in [1.165, 1.54) is 38.4 Å². The van der Waals surface area contributed by atoms with Crippen molar-refractivity contribution in [2.45, 2.75) is 44.6 Å². The quantitative estimate of drug-likeness (QED) is 0.143. The Bertz CT molecular complexity index is 1180. The number of amides is 1. The number of ether oxygens (including phenoxy) is 7. The third-order valence-electron chi connectivity index (χ3n) is 6.99. The Morgan fingerprint density at radius 2 is 1.27 bits per heavy atom. The number of Topliss-reactive ketones (excluding diaryl/α,β-unsaturated/α-hetero) is 1. The molecule has 2 aromatic rings. The van der Waals surface area contributed by atoms with Crippen molar-refractivity contribution in [3.8, 4) is 34.5 Å². The Balaban J connectivity index is 1.60. The molecule has 0 bridgehead atoms. The van der Waals surface area contributed by atoms with Gasteiger partial charge in [0.05, 0.1) is 49.3 Å². The average Bonchev–Trinajstić information content (AvgIpc) is 3.02. The fraction of sp³-hybridized carbons (Fsp3) is 0.500. The van der Waals surface area contributed by atoms with E-state index in [1.807, 2.05) is 12.1 Å². The lowest BCUT2D eigenvalue weighted by atomic mass is 10.00. The van der Waals surface area contributed by atoms with E-state index in [0.717, 1.165) is 18.4 Å². The summed E-state index contributed by atoms with van der Waals surface area (Å²) in [5.41, 5.74) is 1.08. The van der Waals surface area contributed by atoms with E-state index in [4.69, 9.17) is 33.2 Å². The number of ketones is 1. The Hall–Kier alpha value is -4.15. The molecule has 0 radical (unpaired) electrons. The lowest BCUT2D eigenvalue weighted by Gasteiger charge is -2.33. The van der Waals surface area contributed by atoms with Crippen molar-refractivity contribution in [3.63, 3.8) is 0 Å². The fourth-order valence-corrected chi connectivity index (χ4v) is 4.87. The van der Waals surface area contributed by atoms with Crippen molar-refractivity contribution in [3.05, 3.63) is 35.4 Å². The second-order valence-corrected chi connectivity index (χ2v) is 9.41. The molecule has 1 atom stereocenters. The Labute approximate surface area is 240 Å². The second kappa shape index (κ2) is 15.0. The maximum Gasteiger partial charge on any atom is 0.328 e. The van der Waals surface area contributed by atoms with Gasteiger partial charge in [-0.25, -0.2) is 4.79 Å². The molecule has 1 amide bonds. The predicted molar refractivity (Wildman–Crippen MR) is 150 cm³/mol. The molecule has 2 aromatic carbocycles. The maximum absolute atomic E-state index is 13.3. The lowest BCUT2D eigenvalue weighted by molar-refractivity contribution is -0.155. The molecular weight excluding hydrogens is 534 g/mol. The summed E-state index contributed by atoms with van der Waals surface area (Å²) in [6.45, 7) is 0.485. The molecule has 224 valence electrons. The molecule has 11 nitrogen and oxygen atoms in total. The van der Waals surface area contributed by atoms with Gasteiger partial charge in [-0.2, -0.15) is 0 Å². The maximum atomic E-state index is 13.3. The molecule has 1 fully saturated rings. The van der Waals surface area contributed by atoms with Gasteiger partial charge in [-0.3, -0.25) is 9.59 Å². The fourth-order valence-electron chi connectivity index (χ4n) is 4.87. The molecule has 0 saturated carbocycles. The topological polar surface area (TPSA) is 119 Å². The minimum Gasteiger partial charge on any atom is -0.493 e. The van der Waals surface area contributed by atoms with Crippen LogP contribution in [0, 0.1) is 0 Å². The Kier molecular flexibility index (Phi) is 11.5. The highest BCUT2D eigenvalue weighted by Gasteiger charge is 2.37. The highest BCUT2D eigenvalue weighted by molar-refractivity contribution is 6.43. The Morgan fingerprint density at radius 3 is 1.78 bits per heavy atom. The van der Waals surface area contributed by atoms with Crippen molar-refractivity contribution >= 4 is 17.7 Å². The summed E-state index contributed by atoms with van der Waals surface area (Å²) in [7, 11) is 8.99. The van der Waals surface area contributed by atoms with Crippen LogP contribution in [0.4, 0.5) is 0 Å². The average molecular weight is 574 g/mol. The number of aryl methyl sites for hydroxylation is 1. The van der Waals surface area contributed by atoms with E-state index in [1.54, 1.807) is 21.3 Å². The molecule has 1 aliphatic rings. The van der Waals surface area contributed by atoms with Crippen molar-refractivity contribution < 1.29 is 47.5 Å². The molecule has 11 heteroatoms. The molecule has 3 rings (SSSR count). The van der Waals surface area contributed by atoms with Gasteiger partial charge in [0.15, 0.2) is 23.0 Å². The summed E-state index contributed by atoms with van der Waals surface area (Å²) in [5.74, 6) is 0.453. The smallest absolute Gasteiger partial charge is 0.328 e. The van der Waals surface area contributed by atoms with Crippen LogP contribution in [0.1, 0.15) is 48.0 Å². The Morgan fingerprint density at radius 1 is 0.732 bits per heavy atom. The number of rotatable bonds is 14. The third-order valence-corrected chi connectivity index (χ3v) is 6.99. The van der Waals surface area contributed by atoms with Crippen LogP contribution in [0.2, 0.25) is 0 Å². The number of methoxy groups -OCH3 is 6. The van der Waals surface area contributed by atoms with Crippen LogP contribution in [-0.4, -0.2) is 84.4 Å². The van der Waals surface area contributed by atoms with Gasteiger partial charge in [0.2, 0.25) is 11.5 Å². The number of carbonyl (C=O) groups is 3. The van der Waals surface area contributed by atoms with Crippen LogP contribution in [0.15, 0.2) is 24.3 Å². The van der Waals surface area contributed by atoms with Crippen LogP contribution in [-0.2, 0) is 20.7 Å². The summed E-state index contributed by atoms with van der Waals surface area (Å²) in [6.07, 6.45) is 3.95. The largest absolute Gasteiger partial charge is 0.493 e. The molecule has 0 aliphatic carbocycles. The van der Waals surface area contributed by atoms with E-state index in [-0.39, 0.29) is 30.2 Å². The summed E-state index contributed by atoms with van der Waals surface area (Å²) in [6, 6.07) is 5.81. The van der Waals surface area contributed by atoms with Gasteiger partial charge in [0.25, 0.3) is 11.7 Å². The van der Waals surface area contributed by atoms with Crippen molar-refractivity contribution in [2.24, 2.45) is 0 Å². The van der Waals surface area contributed by atoms with Crippen molar-refractivity contribution in [1.82, 2.24) is 4.90 Å². The van der Waals surface area contributed by atoms with E-state index in [0.29, 0.717) is 48.7 Å². The molecular formula is C30H39NO10. The van der Waals surface area contributed by atoms with Crippen LogP contribution in [0.5, 0.6) is 34.5 Å². The zero-order valence-electron chi connectivity index (χ0n) is 24.6. The first-order chi connectivity index (χ1) is 19.8. The molecule has 0 N–H and O–H groups in total. The zero-order chi connectivity index (χ0) is 29.9. The molecule has 0 aromatic heterocycles. The number of likely N-dealkylation sites (tertiary alicyclic amines) is 1. The number of unbranched alkanes of at least 4 members (excludes halogenated alkanes) is 1. The molecule has 1 aliphatic heterocycles. The number of hydrogen-bond acceptors (Lipinski definition) is 10. The minimum atomic E-state index is -0.822. The first kappa shape index (κ1) is 31.4. The van der Waals surface area contributed by atoms with Gasteiger partial charge in [0, 0.05) is 12.1 Å². The standard InChI is InChI=1S/C30H39NO10/c1-35-22-15-19(16-23(36-2)27(22)39-5)11-8-10-14-41-30(34)21-12-7-9-13-31(21)29(33)26(32)20-17-24(37-3)28(40-6)25(18-20)38-4/h15-18,21H,7-14H2,1-6H3/t21-/m0/s1. The number of benzene rings is 2. The lowest BCUT2D eigenvalue weighted by Crippen LogP contribution is -2.51. The van der Waals surface area contributed by atoms with Crippen LogP contribution in [0.25, 0.3) is 0 Å². The van der Waals surface area contributed by atoms with Crippen LogP contribution >= 0.6 is 0 Å². The van der Waals surface area contributed by atoms with Crippen LogP contribution < -0.4 is 28.4 Å². The summed E-state index contributed by atoms with van der Waals surface area (Å²) < 4.78 is 37.6. The number of piperidine rings is 1. The number of hydrogen-bond donors (Lipinski definition) is 0. The highest BCUT2D eigenvalue weighted by Crippen LogP contribution is 2.39. The van der Waals surface area contributed by atoms with E-state index >= 15 is 0 Å². The predicted octanol–water partition coefficient (Wildman–Crippen LogP) is 3.87. The molecule has 1 heterocycles. The van der Waals surface area contributed by atoms with E-state index in [2.05, 4.69) is 0 Å². The zero-order valence-corrected chi connectivity index (χ0v) is 24.6. The van der Waals surface area contributed by atoms with Crippen molar-refractivity contribution in [1.29, 1.82) is 0 Å². The first-order valence-electron chi connectivity index (χ1n) is 13.4. The summed E-state index contributed by atoms with van der Waals surface area (Å²) in [4.78, 5) is 40.8. The summed E-state index contributed by atoms with van der Waals surface area (Å²) in [5, 5.41) is 0. The molecule has 0 spiro atoms. The SMILES string of the molecule is COc1cc(CCCCOC(=O)[C@@H]2CCCCN2C(=O)C(=O)c2cc(OC)c(OC)c(OC)c2)cc(OC)c1OC. The molecule has 41 heavy (non-hydrogen) atoms. The van der Waals surface area contributed by atoms with Gasteiger partial charge in [0.1, 0.15) is 6.04 Å². The normalized spacial score (nSPS) is 14.6. The number of esters is 1. The van der Waals surface area contributed by atoms with E-state index < -0.39 is 23.7 Å². The summed E-state index contributed by atoms with van der Waals surface area (Å²) >= 11 is 0. The third kappa shape index (κ3) is 7.33. The van der Waals surface area contributed by atoms with Gasteiger partial charge in [-0.05, 0) is 68.4 Å². The van der Waals surface area contributed by atoms with Gasteiger partial charge in [-0.1, -0.05) is 0 Å². The number of carbonyl (C=O) groups excluding carboxylic acids is 3. The van der Waals surface area contributed by atoms with Gasteiger partial charge >= 0.3 is 5.97 Å². The minimum absolute atomic E-state index is 0.0778. The molecule has 1 saturated heterocycles. The monoisotopic (exact) mass is 573 g/mol. The van der Waals surface area contributed by atoms with Gasteiger partial charge in [-0.15, -0.1) is 0 Å². The van der Waals surface area contributed by atoms with E-state index in [9.17, 15) is 14.4 Å². The van der Waals surface area contributed by atoms with Crippen LogP contribution in [0.3, 0.4) is 0 Å².